The number of pyridine rings is 1. The van der Waals surface area contributed by atoms with Crippen LogP contribution in [-0.2, 0) is 9.53 Å². The average Bonchev–Trinajstić information content (AvgIpc) is 3.07. The fraction of sp³-hybridized carbons (Fsp3) is 0.667. The van der Waals surface area contributed by atoms with Crippen LogP contribution in [0, 0.1) is 24.7 Å². The highest BCUT2D eigenvalue weighted by molar-refractivity contribution is 5.84. The van der Waals surface area contributed by atoms with E-state index in [1.807, 2.05) is 53.7 Å². The Kier molecular flexibility index (Phi) is 5.30. The molecule has 154 valence electrons. The van der Waals surface area contributed by atoms with Gasteiger partial charge in [0.15, 0.2) is 0 Å². The maximum Gasteiger partial charge on any atom is 0.410 e. The first-order valence-corrected chi connectivity index (χ1v) is 9.81. The van der Waals surface area contributed by atoms with Crippen LogP contribution in [0.4, 0.5) is 4.79 Å². The predicted molar refractivity (Wildman–Crippen MR) is 105 cm³/mol. The summed E-state index contributed by atoms with van der Waals surface area (Å²) in [6, 6.07) is 3.80. The molecule has 1 saturated heterocycles. The molecule has 1 aliphatic heterocycles. The van der Waals surface area contributed by atoms with Gasteiger partial charge >= 0.3 is 6.09 Å². The summed E-state index contributed by atoms with van der Waals surface area (Å²) in [6.45, 7) is 12.9. The Morgan fingerprint density at radius 2 is 1.86 bits per heavy atom. The normalized spacial score (nSPS) is 23.8. The van der Waals surface area contributed by atoms with Crippen molar-refractivity contribution < 1.29 is 19.1 Å². The number of hydrogen-bond acceptors (Lipinski definition) is 5. The SMILES string of the molecule is Cc1cccnc1OCC(C)(C)NC(=O)[C@H]1[C@@H]2CN(C(=O)OC(C)(C)C)C[C@@H]21. The molecular weight excluding hydrogens is 358 g/mol. The van der Waals surface area contributed by atoms with E-state index >= 15 is 0 Å². The van der Waals surface area contributed by atoms with E-state index in [9.17, 15) is 9.59 Å². The van der Waals surface area contributed by atoms with Crippen molar-refractivity contribution in [3.05, 3.63) is 23.9 Å². The van der Waals surface area contributed by atoms with E-state index in [2.05, 4.69) is 10.3 Å². The number of nitrogens with one attached hydrogen (secondary N) is 1. The molecule has 0 bridgehead atoms. The summed E-state index contributed by atoms with van der Waals surface area (Å²) >= 11 is 0. The Balaban J connectivity index is 1.46. The molecule has 2 heterocycles. The highest BCUT2D eigenvalue weighted by atomic mass is 16.6. The fourth-order valence-corrected chi connectivity index (χ4v) is 3.71. The first-order chi connectivity index (χ1) is 13.0. The van der Waals surface area contributed by atoms with E-state index in [4.69, 9.17) is 9.47 Å². The van der Waals surface area contributed by atoms with Crippen molar-refractivity contribution in [3.63, 3.8) is 0 Å². The van der Waals surface area contributed by atoms with E-state index in [0.29, 0.717) is 25.6 Å². The Labute approximate surface area is 166 Å². The van der Waals surface area contributed by atoms with Gasteiger partial charge in [-0.15, -0.1) is 0 Å². The zero-order valence-corrected chi connectivity index (χ0v) is 17.6. The number of aromatic nitrogens is 1. The van der Waals surface area contributed by atoms with E-state index in [1.165, 1.54) is 0 Å². The Hall–Kier alpha value is -2.31. The maximum absolute atomic E-state index is 12.7. The van der Waals surface area contributed by atoms with Crippen LogP contribution < -0.4 is 10.1 Å². The Bertz CT molecular complexity index is 744. The van der Waals surface area contributed by atoms with Crippen molar-refractivity contribution in [2.24, 2.45) is 17.8 Å². The lowest BCUT2D eigenvalue weighted by Gasteiger charge is -2.28. The average molecular weight is 389 g/mol. The summed E-state index contributed by atoms with van der Waals surface area (Å²) in [7, 11) is 0. The predicted octanol–water partition coefficient (Wildman–Crippen LogP) is 2.78. The molecule has 0 radical (unpaired) electrons. The van der Waals surface area contributed by atoms with Gasteiger partial charge in [-0.25, -0.2) is 9.78 Å². The van der Waals surface area contributed by atoms with Gasteiger partial charge in [-0.2, -0.15) is 0 Å². The number of aryl methyl sites for hydroxylation is 1. The molecule has 1 aliphatic carbocycles. The molecule has 2 amide bonds. The van der Waals surface area contributed by atoms with E-state index in [-0.39, 0.29) is 29.8 Å². The third kappa shape index (κ3) is 4.75. The van der Waals surface area contributed by atoms with Crippen LogP contribution in [0.3, 0.4) is 0 Å². The topological polar surface area (TPSA) is 80.8 Å². The van der Waals surface area contributed by atoms with Crippen LogP contribution in [0.15, 0.2) is 18.3 Å². The number of hydrogen-bond donors (Lipinski definition) is 1. The van der Waals surface area contributed by atoms with Crippen molar-refractivity contribution in [3.8, 4) is 5.88 Å². The largest absolute Gasteiger partial charge is 0.475 e. The number of ether oxygens (including phenoxy) is 2. The second-order valence-electron chi connectivity index (χ2n) is 9.53. The summed E-state index contributed by atoms with van der Waals surface area (Å²) < 4.78 is 11.2. The molecule has 0 aromatic carbocycles. The molecule has 3 atom stereocenters. The molecule has 0 unspecified atom stereocenters. The molecule has 2 fully saturated rings. The van der Waals surface area contributed by atoms with Gasteiger partial charge in [0.1, 0.15) is 12.2 Å². The van der Waals surface area contributed by atoms with Gasteiger partial charge in [0.05, 0.1) is 5.54 Å². The molecule has 7 heteroatoms. The molecule has 1 aromatic rings. The van der Waals surface area contributed by atoms with Crippen LogP contribution >= 0.6 is 0 Å². The molecular formula is C21H31N3O4. The van der Waals surface area contributed by atoms with Crippen molar-refractivity contribution in [2.75, 3.05) is 19.7 Å². The summed E-state index contributed by atoms with van der Waals surface area (Å²) in [5.74, 6) is 1.03. The van der Waals surface area contributed by atoms with Crippen LogP contribution in [0.5, 0.6) is 5.88 Å². The van der Waals surface area contributed by atoms with Gasteiger partial charge in [0.25, 0.3) is 0 Å². The lowest BCUT2D eigenvalue weighted by molar-refractivity contribution is -0.125. The number of fused-ring (bicyclic) bond motifs is 1. The first kappa shape index (κ1) is 20.4. The third-order valence-electron chi connectivity index (χ3n) is 5.14. The van der Waals surface area contributed by atoms with Crippen molar-refractivity contribution in [2.45, 2.75) is 52.7 Å². The van der Waals surface area contributed by atoms with E-state index in [0.717, 1.165) is 5.56 Å². The van der Waals surface area contributed by atoms with Crippen molar-refractivity contribution >= 4 is 12.0 Å². The van der Waals surface area contributed by atoms with E-state index < -0.39 is 11.1 Å². The number of amides is 2. The number of likely N-dealkylation sites (tertiary alicyclic amines) is 1. The molecule has 1 N–H and O–H groups in total. The molecule has 1 aromatic heterocycles. The summed E-state index contributed by atoms with van der Waals surface area (Å²) in [4.78, 5) is 30.8. The van der Waals surface area contributed by atoms with Gasteiger partial charge in [-0.1, -0.05) is 6.07 Å². The van der Waals surface area contributed by atoms with Gasteiger partial charge < -0.3 is 19.7 Å². The van der Waals surface area contributed by atoms with Gasteiger partial charge in [-0.05, 0) is 59.4 Å². The fourth-order valence-electron chi connectivity index (χ4n) is 3.71. The number of piperidine rings is 1. The second-order valence-corrected chi connectivity index (χ2v) is 9.53. The number of carbonyl (C=O) groups excluding carboxylic acids is 2. The smallest absolute Gasteiger partial charge is 0.410 e. The van der Waals surface area contributed by atoms with Crippen LogP contribution in [-0.4, -0.2) is 52.7 Å². The van der Waals surface area contributed by atoms with Gasteiger partial charge in [-0.3, -0.25) is 4.79 Å². The zero-order valence-electron chi connectivity index (χ0n) is 17.6. The lowest BCUT2D eigenvalue weighted by Crippen LogP contribution is -2.49. The van der Waals surface area contributed by atoms with Crippen molar-refractivity contribution in [1.29, 1.82) is 0 Å². The highest BCUT2D eigenvalue weighted by Gasteiger charge is 2.61. The Morgan fingerprint density at radius 3 is 2.43 bits per heavy atom. The van der Waals surface area contributed by atoms with E-state index in [1.54, 1.807) is 11.1 Å². The van der Waals surface area contributed by atoms with Gasteiger partial charge in [0, 0.05) is 30.8 Å². The number of nitrogens with zero attached hydrogens (tertiary/aromatic N) is 2. The monoisotopic (exact) mass is 389 g/mol. The minimum absolute atomic E-state index is 0.0326. The minimum atomic E-state index is -0.511. The minimum Gasteiger partial charge on any atom is -0.475 e. The van der Waals surface area contributed by atoms with Crippen LogP contribution in [0.25, 0.3) is 0 Å². The lowest BCUT2D eigenvalue weighted by atomic mass is 10.1. The summed E-state index contributed by atoms with van der Waals surface area (Å²) in [5.41, 5.74) is -0.0528. The quantitative estimate of drug-likeness (QED) is 0.838. The molecule has 3 rings (SSSR count). The Morgan fingerprint density at radius 1 is 1.21 bits per heavy atom. The standard InChI is InChI=1S/C21H31N3O4/c1-13-8-7-9-22-18(13)27-12-21(5,6)23-17(25)16-14-10-24(11-15(14)16)19(26)28-20(2,3)4/h7-9,14-16H,10-12H2,1-6H3,(H,23,25)/t14-,15+,16+. The van der Waals surface area contributed by atoms with Gasteiger partial charge in [0.2, 0.25) is 11.8 Å². The molecule has 28 heavy (non-hydrogen) atoms. The maximum atomic E-state index is 12.7. The highest BCUT2D eigenvalue weighted by Crippen LogP contribution is 2.52. The number of rotatable bonds is 5. The van der Waals surface area contributed by atoms with Crippen LogP contribution in [0.2, 0.25) is 0 Å². The molecule has 2 aliphatic rings. The molecule has 0 spiro atoms. The second kappa shape index (κ2) is 7.26. The first-order valence-electron chi connectivity index (χ1n) is 9.81. The van der Waals surface area contributed by atoms with Crippen LogP contribution in [0.1, 0.15) is 40.2 Å². The summed E-state index contributed by atoms with van der Waals surface area (Å²) in [5, 5.41) is 3.09. The zero-order chi connectivity index (χ0) is 20.7. The summed E-state index contributed by atoms with van der Waals surface area (Å²) in [6.07, 6.45) is 1.40. The molecule has 1 saturated carbocycles. The van der Waals surface area contributed by atoms with Crippen molar-refractivity contribution in [1.82, 2.24) is 15.2 Å². The third-order valence-corrected chi connectivity index (χ3v) is 5.14. The molecule has 7 nitrogen and oxygen atoms in total. The number of carbonyl (C=O) groups is 2.